The van der Waals surface area contributed by atoms with Gasteiger partial charge in [0.2, 0.25) is 6.79 Å². The highest BCUT2D eigenvalue weighted by atomic mass is 32.1. The van der Waals surface area contributed by atoms with Gasteiger partial charge in [-0.15, -0.1) is 11.3 Å². The molecule has 23 heavy (non-hydrogen) atoms. The van der Waals surface area contributed by atoms with Gasteiger partial charge >= 0.3 is 0 Å². The molecule has 0 saturated carbocycles. The summed E-state index contributed by atoms with van der Waals surface area (Å²) in [4.78, 5) is 19.0. The minimum absolute atomic E-state index is 0.117. The third-order valence-electron chi connectivity index (χ3n) is 4.19. The standard InChI is InChI=1S/C16H15N3O3S/c1-16(14(20)19(2)15(17)18-16)13-6-10(7-23-13)9-3-4-11-12(5-9)22-8-21-11/h3-7H,8H2,1-2H3,(H2,17,18). The average molecular weight is 329 g/mol. The molecule has 1 unspecified atom stereocenters. The Balaban J connectivity index is 1.71. The van der Waals surface area contributed by atoms with E-state index >= 15 is 0 Å². The van der Waals surface area contributed by atoms with Crippen LogP contribution in [0.1, 0.15) is 11.8 Å². The lowest BCUT2D eigenvalue weighted by Gasteiger charge is -2.17. The number of hydrogen-bond donors (Lipinski definition) is 1. The van der Waals surface area contributed by atoms with Gasteiger partial charge in [0, 0.05) is 11.9 Å². The maximum Gasteiger partial charge on any atom is 0.262 e. The number of ether oxygens (including phenoxy) is 2. The zero-order chi connectivity index (χ0) is 16.2. The Bertz CT molecular complexity index is 845. The van der Waals surface area contributed by atoms with Gasteiger partial charge in [-0.1, -0.05) is 6.07 Å². The summed E-state index contributed by atoms with van der Waals surface area (Å²) in [6.45, 7) is 2.04. The summed E-state index contributed by atoms with van der Waals surface area (Å²) < 4.78 is 10.7. The van der Waals surface area contributed by atoms with Crippen LogP contribution in [0.5, 0.6) is 11.5 Å². The fraction of sp³-hybridized carbons (Fsp3) is 0.250. The van der Waals surface area contributed by atoms with Crippen LogP contribution in [-0.4, -0.2) is 30.6 Å². The highest BCUT2D eigenvalue weighted by molar-refractivity contribution is 7.10. The third-order valence-corrected chi connectivity index (χ3v) is 5.33. The fourth-order valence-electron chi connectivity index (χ4n) is 2.76. The van der Waals surface area contributed by atoms with Gasteiger partial charge in [-0.05, 0) is 41.6 Å². The number of guanidine groups is 1. The van der Waals surface area contributed by atoms with Crippen LogP contribution in [0.4, 0.5) is 0 Å². The minimum atomic E-state index is -0.946. The molecule has 0 bridgehead atoms. The predicted molar refractivity (Wildman–Crippen MR) is 87.6 cm³/mol. The minimum Gasteiger partial charge on any atom is -0.454 e. The van der Waals surface area contributed by atoms with Crippen molar-refractivity contribution in [2.75, 3.05) is 13.8 Å². The molecule has 6 nitrogen and oxygen atoms in total. The van der Waals surface area contributed by atoms with Crippen molar-refractivity contribution in [3.05, 3.63) is 34.5 Å². The number of amides is 1. The number of benzene rings is 1. The lowest BCUT2D eigenvalue weighted by molar-refractivity contribution is -0.129. The lowest BCUT2D eigenvalue weighted by atomic mass is 9.98. The Morgan fingerprint density at radius 3 is 2.78 bits per heavy atom. The van der Waals surface area contributed by atoms with E-state index in [0.29, 0.717) is 0 Å². The van der Waals surface area contributed by atoms with Gasteiger partial charge in [-0.25, -0.2) is 4.99 Å². The Morgan fingerprint density at radius 2 is 2.04 bits per heavy atom. The summed E-state index contributed by atoms with van der Waals surface area (Å²) in [6, 6.07) is 7.79. The maximum absolute atomic E-state index is 12.4. The second kappa shape index (κ2) is 4.73. The molecule has 0 saturated heterocycles. The van der Waals surface area contributed by atoms with Crippen molar-refractivity contribution >= 4 is 23.2 Å². The van der Waals surface area contributed by atoms with Crippen molar-refractivity contribution in [2.24, 2.45) is 10.7 Å². The zero-order valence-corrected chi connectivity index (χ0v) is 13.5. The normalized spacial score (nSPS) is 22.6. The van der Waals surface area contributed by atoms with Crippen LogP contribution in [0, 0.1) is 0 Å². The predicted octanol–water partition coefficient (Wildman–Crippen LogP) is 2.15. The van der Waals surface area contributed by atoms with E-state index in [-0.39, 0.29) is 18.7 Å². The van der Waals surface area contributed by atoms with E-state index in [2.05, 4.69) is 4.99 Å². The van der Waals surface area contributed by atoms with Crippen LogP contribution in [0.2, 0.25) is 0 Å². The van der Waals surface area contributed by atoms with Gasteiger partial charge in [-0.2, -0.15) is 0 Å². The Morgan fingerprint density at radius 1 is 1.26 bits per heavy atom. The number of hydrogen-bond acceptors (Lipinski definition) is 6. The molecule has 7 heteroatoms. The first-order valence-electron chi connectivity index (χ1n) is 7.11. The smallest absolute Gasteiger partial charge is 0.262 e. The molecule has 1 amide bonds. The molecule has 1 aromatic heterocycles. The van der Waals surface area contributed by atoms with Crippen LogP contribution < -0.4 is 15.2 Å². The van der Waals surface area contributed by atoms with Crippen molar-refractivity contribution in [3.63, 3.8) is 0 Å². The topological polar surface area (TPSA) is 77.2 Å². The summed E-state index contributed by atoms with van der Waals surface area (Å²) in [5.74, 6) is 1.62. The molecular weight excluding hydrogens is 314 g/mol. The molecule has 0 radical (unpaired) electrons. The molecule has 2 N–H and O–H groups in total. The number of aliphatic imine (C=N–C) groups is 1. The highest BCUT2D eigenvalue weighted by Gasteiger charge is 2.44. The van der Waals surface area contributed by atoms with Crippen molar-refractivity contribution in [1.82, 2.24) is 4.90 Å². The first-order chi connectivity index (χ1) is 11.0. The third kappa shape index (κ3) is 2.00. The monoisotopic (exact) mass is 329 g/mol. The summed E-state index contributed by atoms with van der Waals surface area (Å²) in [5, 5.41) is 2.01. The van der Waals surface area contributed by atoms with Gasteiger partial charge in [0.25, 0.3) is 5.91 Å². The molecule has 1 atom stereocenters. The molecule has 0 aliphatic carbocycles. The number of fused-ring (bicyclic) bond motifs is 1. The summed E-state index contributed by atoms with van der Waals surface area (Å²) in [5.41, 5.74) is 6.87. The molecule has 1 aromatic carbocycles. The van der Waals surface area contributed by atoms with Crippen molar-refractivity contribution in [1.29, 1.82) is 0 Å². The lowest BCUT2D eigenvalue weighted by Crippen LogP contribution is -2.38. The maximum atomic E-state index is 12.4. The molecule has 0 spiro atoms. The number of rotatable bonds is 2. The van der Waals surface area contributed by atoms with Crippen molar-refractivity contribution < 1.29 is 14.3 Å². The summed E-state index contributed by atoms with van der Waals surface area (Å²) >= 11 is 1.50. The SMILES string of the molecule is CN1C(=O)C(C)(c2cc(-c3ccc4c(c3)OCO4)cs2)N=C1N. The summed E-state index contributed by atoms with van der Waals surface area (Å²) in [7, 11) is 1.64. The largest absolute Gasteiger partial charge is 0.454 e. The summed E-state index contributed by atoms with van der Waals surface area (Å²) in [6.07, 6.45) is 0. The molecule has 3 heterocycles. The number of carbonyl (C=O) groups is 1. The van der Waals surface area contributed by atoms with Gasteiger partial charge < -0.3 is 15.2 Å². The highest BCUT2D eigenvalue weighted by Crippen LogP contribution is 2.41. The van der Waals surface area contributed by atoms with Crippen molar-refractivity contribution in [2.45, 2.75) is 12.5 Å². The van der Waals surface area contributed by atoms with Crippen LogP contribution in [0.25, 0.3) is 11.1 Å². The number of likely N-dealkylation sites (N-methyl/N-ethyl adjacent to an activating group) is 1. The van der Waals surface area contributed by atoms with Crippen LogP contribution in [0.3, 0.4) is 0 Å². The van der Waals surface area contributed by atoms with Gasteiger partial charge in [0.1, 0.15) is 0 Å². The molecule has 2 aromatic rings. The number of thiophene rings is 1. The van der Waals surface area contributed by atoms with Crippen LogP contribution >= 0.6 is 11.3 Å². The second-order valence-corrected chi connectivity index (χ2v) is 6.59. The van der Waals surface area contributed by atoms with E-state index < -0.39 is 5.54 Å². The molecule has 0 fully saturated rings. The van der Waals surface area contributed by atoms with E-state index in [1.54, 1.807) is 14.0 Å². The van der Waals surface area contributed by atoms with Gasteiger partial charge in [-0.3, -0.25) is 9.69 Å². The molecule has 4 rings (SSSR count). The molecule has 118 valence electrons. The van der Waals surface area contributed by atoms with E-state index in [0.717, 1.165) is 27.5 Å². The fourth-order valence-corrected chi connectivity index (χ4v) is 3.78. The van der Waals surface area contributed by atoms with Gasteiger partial charge in [0.15, 0.2) is 23.0 Å². The van der Waals surface area contributed by atoms with E-state index in [1.807, 2.05) is 29.6 Å². The Kier molecular flexibility index (Phi) is 2.89. The van der Waals surface area contributed by atoms with Crippen LogP contribution in [-0.2, 0) is 10.3 Å². The van der Waals surface area contributed by atoms with Crippen LogP contribution in [0.15, 0.2) is 34.6 Å². The van der Waals surface area contributed by atoms with E-state index in [4.69, 9.17) is 15.2 Å². The number of nitrogens with two attached hydrogens (primary N) is 1. The van der Waals surface area contributed by atoms with E-state index in [1.165, 1.54) is 16.2 Å². The van der Waals surface area contributed by atoms with Gasteiger partial charge in [0.05, 0.1) is 0 Å². The first kappa shape index (κ1) is 14.1. The Hall–Kier alpha value is -2.54. The quantitative estimate of drug-likeness (QED) is 0.916. The van der Waals surface area contributed by atoms with E-state index in [9.17, 15) is 4.79 Å². The first-order valence-corrected chi connectivity index (χ1v) is 7.99. The number of nitrogens with zero attached hydrogens (tertiary/aromatic N) is 2. The molecular formula is C16H15N3O3S. The molecule has 2 aliphatic heterocycles. The second-order valence-electron chi connectivity index (χ2n) is 5.67. The number of carbonyl (C=O) groups excluding carboxylic acids is 1. The van der Waals surface area contributed by atoms with Crippen molar-refractivity contribution in [3.8, 4) is 22.6 Å². The zero-order valence-electron chi connectivity index (χ0n) is 12.7. The Labute approximate surface area is 137 Å². The average Bonchev–Trinajstić information content (AvgIpc) is 3.24. The molecule has 2 aliphatic rings.